The van der Waals surface area contributed by atoms with Crippen LogP contribution in [0.5, 0.6) is 17.2 Å². The number of carbonyl (C=O) groups excluding carboxylic acids is 1. The fraction of sp³-hybridized carbons (Fsp3) is 0.130. The molecule has 0 saturated heterocycles. The molecule has 0 atom stereocenters. The van der Waals surface area contributed by atoms with E-state index in [1.165, 1.54) is 18.3 Å². The van der Waals surface area contributed by atoms with E-state index in [0.717, 1.165) is 5.75 Å². The Labute approximate surface area is 178 Å². The summed E-state index contributed by atoms with van der Waals surface area (Å²) in [6, 6.07) is 22.1. The number of hydrogen-bond donors (Lipinski definition) is 1. The summed E-state index contributed by atoms with van der Waals surface area (Å²) in [6.45, 7) is -2.42. The molecule has 0 spiro atoms. The molecule has 0 heterocycles. The molecule has 3 rings (SSSR count). The molecule has 1 amide bonds. The van der Waals surface area contributed by atoms with Crippen LogP contribution in [0.2, 0.25) is 0 Å². The van der Waals surface area contributed by atoms with Crippen LogP contribution in [0.25, 0.3) is 0 Å². The molecule has 0 aliphatic carbocycles. The van der Waals surface area contributed by atoms with Gasteiger partial charge in [-0.05, 0) is 36.4 Å². The second kappa shape index (κ2) is 11.3. The first-order valence-corrected chi connectivity index (χ1v) is 9.40. The Morgan fingerprint density at radius 1 is 0.871 bits per heavy atom. The number of hydrazone groups is 1. The lowest BCUT2D eigenvalue weighted by atomic mass is 10.2. The van der Waals surface area contributed by atoms with Crippen molar-refractivity contribution in [3.8, 4) is 17.2 Å². The molecule has 0 saturated carbocycles. The highest BCUT2D eigenvalue weighted by molar-refractivity contribution is 5.97. The summed E-state index contributed by atoms with van der Waals surface area (Å²) >= 11 is 0. The lowest BCUT2D eigenvalue weighted by molar-refractivity contribution is -0.0499. The fourth-order valence-corrected chi connectivity index (χ4v) is 2.62. The molecule has 160 valence electrons. The first-order chi connectivity index (χ1) is 15.1. The van der Waals surface area contributed by atoms with Crippen LogP contribution in [-0.4, -0.2) is 31.9 Å². The van der Waals surface area contributed by atoms with E-state index in [1.54, 1.807) is 36.4 Å². The van der Waals surface area contributed by atoms with Crippen molar-refractivity contribution in [2.75, 3.05) is 13.2 Å². The zero-order valence-corrected chi connectivity index (χ0v) is 16.4. The monoisotopic (exact) mass is 426 g/mol. The predicted molar refractivity (Wildman–Crippen MR) is 112 cm³/mol. The number of carbonyl (C=O) groups is 1. The third-order valence-electron chi connectivity index (χ3n) is 3.99. The van der Waals surface area contributed by atoms with Gasteiger partial charge in [-0.15, -0.1) is 0 Å². The molecular weight excluding hydrogens is 406 g/mol. The van der Waals surface area contributed by atoms with Crippen LogP contribution in [-0.2, 0) is 0 Å². The number of ether oxygens (including phenoxy) is 3. The lowest BCUT2D eigenvalue weighted by Crippen LogP contribution is -2.19. The number of para-hydroxylation sites is 3. The quantitative estimate of drug-likeness (QED) is 0.294. The van der Waals surface area contributed by atoms with Crippen LogP contribution in [0.15, 0.2) is 84.0 Å². The fourth-order valence-electron chi connectivity index (χ4n) is 2.62. The summed E-state index contributed by atoms with van der Waals surface area (Å²) in [7, 11) is 0. The van der Waals surface area contributed by atoms with Gasteiger partial charge in [0.15, 0.2) is 0 Å². The highest BCUT2D eigenvalue weighted by Crippen LogP contribution is 2.19. The van der Waals surface area contributed by atoms with Crippen LogP contribution in [0, 0.1) is 0 Å². The van der Waals surface area contributed by atoms with Gasteiger partial charge in [0, 0.05) is 5.56 Å². The van der Waals surface area contributed by atoms with E-state index in [0.29, 0.717) is 17.9 Å². The first-order valence-electron chi connectivity index (χ1n) is 9.40. The van der Waals surface area contributed by atoms with Gasteiger partial charge in [0.05, 0.1) is 11.8 Å². The number of nitrogens with zero attached hydrogens (tertiary/aromatic N) is 1. The number of rotatable bonds is 10. The molecule has 0 bridgehead atoms. The predicted octanol–water partition coefficient (Wildman–Crippen LogP) is 4.51. The van der Waals surface area contributed by atoms with Crippen molar-refractivity contribution in [1.82, 2.24) is 5.43 Å². The van der Waals surface area contributed by atoms with Crippen molar-refractivity contribution in [1.29, 1.82) is 0 Å². The van der Waals surface area contributed by atoms with E-state index in [4.69, 9.17) is 9.47 Å². The van der Waals surface area contributed by atoms with Crippen molar-refractivity contribution < 1.29 is 27.8 Å². The summed E-state index contributed by atoms with van der Waals surface area (Å²) in [5.74, 6) is 0.539. The van der Waals surface area contributed by atoms with Crippen molar-refractivity contribution in [2.24, 2.45) is 5.10 Å². The molecule has 1 N–H and O–H groups in total. The van der Waals surface area contributed by atoms with Gasteiger partial charge >= 0.3 is 6.61 Å². The zero-order valence-electron chi connectivity index (χ0n) is 16.4. The van der Waals surface area contributed by atoms with Crippen molar-refractivity contribution in [2.45, 2.75) is 6.61 Å². The van der Waals surface area contributed by atoms with Crippen LogP contribution >= 0.6 is 0 Å². The molecule has 0 aliphatic heterocycles. The average Bonchev–Trinajstić information content (AvgIpc) is 2.78. The maximum absolute atomic E-state index is 12.5. The minimum atomic E-state index is -2.96. The van der Waals surface area contributed by atoms with Gasteiger partial charge in [-0.3, -0.25) is 4.79 Å². The van der Waals surface area contributed by atoms with Gasteiger partial charge in [0.1, 0.15) is 30.5 Å². The Balaban J connectivity index is 1.57. The van der Waals surface area contributed by atoms with Crippen LogP contribution < -0.4 is 19.6 Å². The highest BCUT2D eigenvalue weighted by Gasteiger charge is 2.12. The molecule has 8 heteroatoms. The second-order valence-electron chi connectivity index (χ2n) is 6.12. The largest absolute Gasteiger partial charge is 0.490 e. The van der Waals surface area contributed by atoms with Crippen molar-refractivity contribution in [3.63, 3.8) is 0 Å². The number of alkyl halides is 2. The molecular formula is C23H20F2N2O4. The molecule has 0 aromatic heterocycles. The molecule has 6 nitrogen and oxygen atoms in total. The Hall–Kier alpha value is -3.94. The van der Waals surface area contributed by atoms with E-state index in [2.05, 4.69) is 15.3 Å². The molecule has 0 unspecified atom stereocenters. The van der Waals surface area contributed by atoms with E-state index in [-0.39, 0.29) is 17.9 Å². The van der Waals surface area contributed by atoms with Gasteiger partial charge in [0.25, 0.3) is 5.91 Å². The Morgan fingerprint density at radius 2 is 1.52 bits per heavy atom. The lowest BCUT2D eigenvalue weighted by Gasteiger charge is -2.11. The normalized spacial score (nSPS) is 10.8. The number of hydrogen-bond acceptors (Lipinski definition) is 5. The molecule has 0 aliphatic rings. The maximum atomic E-state index is 12.5. The smallest absolute Gasteiger partial charge is 0.387 e. The van der Waals surface area contributed by atoms with Crippen molar-refractivity contribution in [3.05, 3.63) is 90.0 Å². The van der Waals surface area contributed by atoms with Gasteiger partial charge in [0.2, 0.25) is 0 Å². The first kappa shape index (κ1) is 21.8. The summed E-state index contributed by atoms with van der Waals surface area (Å²) in [5, 5.41) is 3.83. The van der Waals surface area contributed by atoms with E-state index in [1.807, 2.05) is 30.3 Å². The van der Waals surface area contributed by atoms with Crippen LogP contribution in [0.1, 0.15) is 15.9 Å². The summed E-state index contributed by atoms with van der Waals surface area (Å²) in [4.78, 5) is 12.5. The number of halogens is 2. The van der Waals surface area contributed by atoms with Gasteiger partial charge in [-0.1, -0.05) is 42.5 Å². The Kier molecular flexibility index (Phi) is 7.93. The van der Waals surface area contributed by atoms with Gasteiger partial charge < -0.3 is 14.2 Å². The summed E-state index contributed by atoms with van der Waals surface area (Å²) in [5.41, 5.74) is 2.93. The number of nitrogens with one attached hydrogen (secondary N) is 1. The topological polar surface area (TPSA) is 69.2 Å². The molecule has 3 aromatic carbocycles. The molecule has 0 radical (unpaired) electrons. The number of amides is 1. The summed E-state index contributed by atoms with van der Waals surface area (Å²) < 4.78 is 40.6. The van der Waals surface area contributed by atoms with Gasteiger partial charge in [-0.25, -0.2) is 5.43 Å². The molecule has 3 aromatic rings. The second-order valence-corrected chi connectivity index (χ2v) is 6.12. The van der Waals surface area contributed by atoms with Crippen LogP contribution in [0.4, 0.5) is 8.78 Å². The van der Waals surface area contributed by atoms with Gasteiger partial charge in [-0.2, -0.15) is 13.9 Å². The summed E-state index contributed by atoms with van der Waals surface area (Å²) in [6.07, 6.45) is 1.23. The Bertz CT molecular complexity index is 1010. The third-order valence-corrected chi connectivity index (χ3v) is 3.99. The van der Waals surface area contributed by atoms with Crippen molar-refractivity contribution >= 4 is 12.1 Å². The standard InChI is InChI=1S/C23H20F2N2O4/c24-23(25)31-20-12-6-4-8-17(20)16-26-27-22(28)19-11-5-7-13-21(19)30-15-14-29-18-9-2-1-3-10-18/h1-13,16,23H,14-15H2,(H,27,28). The number of benzene rings is 3. The van der Waals surface area contributed by atoms with E-state index < -0.39 is 12.5 Å². The van der Waals surface area contributed by atoms with E-state index >= 15 is 0 Å². The van der Waals surface area contributed by atoms with E-state index in [9.17, 15) is 13.6 Å². The maximum Gasteiger partial charge on any atom is 0.387 e. The average molecular weight is 426 g/mol. The third kappa shape index (κ3) is 6.81. The SMILES string of the molecule is O=C(NN=Cc1ccccc1OC(F)F)c1ccccc1OCCOc1ccccc1. The zero-order chi connectivity index (χ0) is 21.9. The van der Waals surface area contributed by atoms with Crippen LogP contribution in [0.3, 0.4) is 0 Å². The Morgan fingerprint density at radius 3 is 2.29 bits per heavy atom. The highest BCUT2D eigenvalue weighted by atomic mass is 19.3. The minimum absolute atomic E-state index is 0.0438. The molecule has 0 fully saturated rings. The minimum Gasteiger partial charge on any atom is -0.490 e. The molecule has 31 heavy (non-hydrogen) atoms.